The van der Waals surface area contributed by atoms with Gasteiger partial charge in [-0.05, 0) is 47.4 Å². The Balaban J connectivity index is 2.24. The SMILES string of the molecule is C=CC(=O)Nc1cccc(-c2ccc(NC=O)c3[nH]cc(C)c23)c1CN. The number of nitrogens with one attached hydrogen (secondary N) is 3. The van der Waals surface area contributed by atoms with Crippen LogP contribution in [0.3, 0.4) is 0 Å². The summed E-state index contributed by atoms with van der Waals surface area (Å²) >= 11 is 0. The van der Waals surface area contributed by atoms with E-state index in [-0.39, 0.29) is 12.5 Å². The Morgan fingerprint density at radius 3 is 2.73 bits per heavy atom. The van der Waals surface area contributed by atoms with Crippen molar-refractivity contribution >= 4 is 34.6 Å². The minimum absolute atomic E-state index is 0.266. The van der Waals surface area contributed by atoms with Gasteiger partial charge in [-0.2, -0.15) is 0 Å². The molecule has 0 saturated carbocycles. The van der Waals surface area contributed by atoms with Crippen LogP contribution < -0.4 is 16.4 Å². The zero-order chi connectivity index (χ0) is 18.7. The Morgan fingerprint density at radius 2 is 2.04 bits per heavy atom. The van der Waals surface area contributed by atoms with Crippen molar-refractivity contribution in [2.45, 2.75) is 13.5 Å². The number of nitrogens with two attached hydrogens (primary N) is 1. The van der Waals surface area contributed by atoms with Crippen LogP contribution in [-0.4, -0.2) is 17.3 Å². The molecule has 0 spiro atoms. The van der Waals surface area contributed by atoms with Gasteiger partial charge in [-0.3, -0.25) is 9.59 Å². The Kier molecular flexibility index (Phi) is 4.86. The first kappa shape index (κ1) is 17.4. The van der Waals surface area contributed by atoms with Gasteiger partial charge in [0.1, 0.15) is 0 Å². The quantitative estimate of drug-likeness (QED) is 0.406. The van der Waals surface area contributed by atoms with E-state index in [1.54, 1.807) is 0 Å². The normalized spacial score (nSPS) is 10.5. The number of carbonyl (C=O) groups excluding carboxylic acids is 2. The molecule has 132 valence electrons. The Bertz CT molecular complexity index is 1000. The zero-order valence-corrected chi connectivity index (χ0v) is 14.4. The molecular weight excluding hydrogens is 328 g/mol. The first-order chi connectivity index (χ1) is 12.6. The molecule has 0 bridgehead atoms. The summed E-state index contributed by atoms with van der Waals surface area (Å²) in [6.45, 7) is 5.75. The van der Waals surface area contributed by atoms with Crippen molar-refractivity contribution in [3.05, 3.63) is 60.3 Å². The molecule has 0 radical (unpaired) electrons. The van der Waals surface area contributed by atoms with Gasteiger partial charge in [0.15, 0.2) is 0 Å². The van der Waals surface area contributed by atoms with Gasteiger partial charge in [0.25, 0.3) is 0 Å². The highest BCUT2D eigenvalue weighted by Crippen LogP contribution is 2.38. The molecule has 6 nitrogen and oxygen atoms in total. The van der Waals surface area contributed by atoms with E-state index >= 15 is 0 Å². The number of fused-ring (bicyclic) bond motifs is 1. The maximum Gasteiger partial charge on any atom is 0.247 e. The van der Waals surface area contributed by atoms with Gasteiger partial charge < -0.3 is 21.4 Å². The third-order valence-corrected chi connectivity index (χ3v) is 4.36. The van der Waals surface area contributed by atoms with Crippen LogP contribution in [0.1, 0.15) is 11.1 Å². The van der Waals surface area contributed by atoms with Crippen molar-refractivity contribution in [3.63, 3.8) is 0 Å². The Labute approximate surface area is 151 Å². The number of anilines is 2. The predicted molar refractivity (Wildman–Crippen MR) is 105 cm³/mol. The smallest absolute Gasteiger partial charge is 0.247 e. The van der Waals surface area contributed by atoms with Crippen molar-refractivity contribution < 1.29 is 9.59 Å². The van der Waals surface area contributed by atoms with E-state index in [1.165, 1.54) is 6.08 Å². The molecule has 3 aromatic rings. The summed E-state index contributed by atoms with van der Waals surface area (Å²) in [6, 6.07) is 9.45. The van der Waals surface area contributed by atoms with Crippen LogP contribution in [0.4, 0.5) is 11.4 Å². The summed E-state index contributed by atoms with van der Waals surface area (Å²) in [5.74, 6) is -0.287. The number of amides is 2. The second-order valence-corrected chi connectivity index (χ2v) is 5.87. The predicted octanol–water partition coefficient (Wildman–Crippen LogP) is 3.29. The lowest BCUT2D eigenvalue weighted by molar-refractivity contribution is -0.112. The number of benzene rings is 2. The summed E-state index contributed by atoms with van der Waals surface area (Å²) < 4.78 is 0. The molecule has 6 heteroatoms. The van der Waals surface area contributed by atoms with Crippen molar-refractivity contribution in [1.29, 1.82) is 0 Å². The van der Waals surface area contributed by atoms with Crippen molar-refractivity contribution in [3.8, 4) is 11.1 Å². The van der Waals surface area contributed by atoms with Crippen LogP contribution in [0.2, 0.25) is 0 Å². The van der Waals surface area contributed by atoms with Gasteiger partial charge in [-0.15, -0.1) is 0 Å². The average Bonchev–Trinajstić information content (AvgIpc) is 3.04. The Hall–Kier alpha value is -3.38. The van der Waals surface area contributed by atoms with Crippen LogP contribution in [-0.2, 0) is 16.1 Å². The summed E-state index contributed by atoms with van der Waals surface area (Å²) in [5, 5.41) is 6.52. The summed E-state index contributed by atoms with van der Waals surface area (Å²) in [6.07, 6.45) is 3.78. The van der Waals surface area contributed by atoms with Gasteiger partial charge >= 0.3 is 0 Å². The molecule has 0 unspecified atom stereocenters. The van der Waals surface area contributed by atoms with Crippen molar-refractivity contribution in [1.82, 2.24) is 4.98 Å². The van der Waals surface area contributed by atoms with Crippen LogP contribution >= 0.6 is 0 Å². The molecule has 5 N–H and O–H groups in total. The third-order valence-electron chi connectivity index (χ3n) is 4.36. The minimum atomic E-state index is -0.287. The van der Waals surface area contributed by atoms with E-state index in [1.807, 2.05) is 43.5 Å². The molecule has 26 heavy (non-hydrogen) atoms. The van der Waals surface area contributed by atoms with Gasteiger partial charge in [0.05, 0.1) is 11.2 Å². The molecule has 1 heterocycles. The lowest BCUT2D eigenvalue weighted by Crippen LogP contribution is -2.12. The fourth-order valence-electron chi connectivity index (χ4n) is 3.18. The second-order valence-electron chi connectivity index (χ2n) is 5.87. The van der Waals surface area contributed by atoms with Crippen LogP contribution in [0, 0.1) is 6.92 Å². The summed E-state index contributed by atoms with van der Waals surface area (Å²) in [7, 11) is 0. The van der Waals surface area contributed by atoms with E-state index in [0.717, 1.165) is 33.2 Å². The third kappa shape index (κ3) is 2.98. The van der Waals surface area contributed by atoms with Gasteiger partial charge in [0.2, 0.25) is 12.3 Å². The minimum Gasteiger partial charge on any atom is -0.359 e. The summed E-state index contributed by atoms with van der Waals surface area (Å²) in [4.78, 5) is 25.8. The number of carbonyl (C=O) groups is 2. The highest BCUT2D eigenvalue weighted by Gasteiger charge is 2.16. The molecule has 1 aromatic heterocycles. The van der Waals surface area contributed by atoms with E-state index in [2.05, 4.69) is 22.2 Å². The lowest BCUT2D eigenvalue weighted by atomic mass is 9.93. The monoisotopic (exact) mass is 348 g/mol. The van der Waals surface area contributed by atoms with Gasteiger partial charge in [-0.1, -0.05) is 24.8 Å². The van der Waals surface area contributed by atoms with Crippen molar-refractivity contribution in [2.24, 2.45) is 5.73 Å². The average molecular weight is 348 g/mol. The largest absolute Gasteiger partial charge is 0.359 e. The number of rotatable bonds is 6. The van der Waals surface area contributed by atoms with Crippen LogP contribution in [0.25, 0.3) is 22.0 Å². The fraction of sp³-hybridized carbons (Fsp3) is 0.100. The number of aromatic amines is 1. The van der Waals surface area contributed by atoms with E-state index in [9.17, 15) is 9.59 Å². The number of H-pyrrole nitrogens is 1. The first-order valence-electron chi connectivity index (χ1n) is 8.17. The molecule has 0 saturated heterocycles. The molecule has 3 rings (SSSR count). The van der Waals surface area contributed by atoms with Gasteiger partial charge in [0, 0.05) is 23.8 Å². The number of hydrogen-bond acceptors (Lipinski definition) is 3. The fourth-order valence-corrected chi connectivity index (χ4v) is 3.18. The second kappa shape index (κ2) is 7.25. The molecule has 2 amide bonds. The molecule has 0 aliphatic heterocycles. The molecule has 0 fully saturated rings. The lowest BCUT2D eigenvalue weighted by Gasteiger charge is -2.16. The molecular formula is C20H20N4O2. The number of aromatic nitrogens is 1. The summed E-state index contributed by atoms with van der Waals surface area (Å²) in [5.41, 5.74) is 12.0. The van der Waals surface area contributed by atoms with E-state index < -0.39 is 0 Å². The topological polar surface area (TPSA) is 100 Å². The maximum absolute atomic E-state index is 11.7. The standard InChI is InChI=1S/C20H20N4O2/c1-3-18(26)24-16-6-4-5-13(15(16)9-21)14-7-8-17(23-11-25)20-19(14)12(2)10-22-20/h3-8,10-11,22H,1,9,21H2,2H3,(H,23,25)(H,24,26). The maximum atomic E-state index is 11.7. The molecule has 0 atom stereocenters. The molecule has 0 aliphatic carbocycles. The Morgan fingerprint density at radius 1 is 1.23 bits per heavy atom. The van der Waals surface area contributed by atoms with E-state index in [4.69, 9.17) is 5.73 Å². The van der Waals surface area contributed by atoms with E-state index in [0.29, 0.717) is 17.8 Å². The van der Waals surface area contributed by atoms with Crippen molar-refractivity contribution in [2.75, 3.05) is 10.6 Å². The van der Waals surface area contributed by atoms with Gasteiger partial charge in [-0.25, -0.2) is 0 Å². The number of aryl methyl sites for hydroxylation is 1. The van der Waals surface area contributed by atoms with Crippen LogP contribution in [0.15, 0.2) is 49.2 Å². The van der Waals surface area contributed by atoms with Crippen LogP contribution in [0.5, 0.6) is 0 Å². The number of hydrogen-bond donors (Lipinski definition) is 4. The first-order valence-corrected chi connectivity index (χ1v) is 8.17. The highest BCUT2D eigenvalue weighted by molar-refractivity contribution is 6.07. The zero-order valence-electron chi connectivity index (χ0n) is 14.4. The molecule has 0 aliphatic rings. The highest BCUT2D eigenvalue weighted by atomic mass is 16.1. The molecule has 2 aromatic carbocycles.